The van der Waals surface area contributed by atoms with Gasteiger partial charge < -0.3 is 29.6 Å². The van der Waals surface area contributed by atoms with E-state index in [1.165, 1.54) is 25.7 Å². The Labute approximate surface area is 214 Å². The predicted octanol–water partition coefficient (Wildman–Crippen LogP) is 5.55. The van der Waals surface area contributed by atoms with E-state index in [0.29, 0.717) is 33.0 Å². The van der Waals surface area contributed by atoms with Crippen LogP contribution in [-0.2, 0) is 12.8 Å². The van der Waals surface area contributed by atoms with Crippen molar-refractivity contribution < 1.29 is 18.9 Å². The van der Waals surface area contributed by atoms with Crippen LogP contribution in [0.3, 0.4) is 0 Å². The van der Waals surface area contributed by atoms with Crippen molar-refractivity contribution in [3.8, 4) is 23.0 Å². The normalized spacial score (nSPS) is 10.9. The molecule has 2 N–H and O–H groups in total. The fourth-order valence-corrected chi connectivity index (χ4v) is 4.45. The summed E-state index contributed by atoms with van der Waals surface area (Å²) in [4.78, 5) is 0. The van der Waals surface area contributed by atoms with Crippen LogP contribution in [0.5, 0.6) is 23.0 Å². The summed E-state index contributed by atoms with van der Waals surface area (Å²) in [6.07, 6.45) is 6.48. The molecule has 0 atom stereocenters. The Kier molecular flexibility index (Phi) is 13.3. The van der Waals surface area contributed by atoms with Gasteiger partial charge in [-0.2, -0.15) is 0 Å². The second kappa shape index (κ2) is 15.9. The lowest BCUT2D eigenvalue weighted by molar-refractivity contribution is 0.354. The maximum absolute atomic E-state index is 6.44. The van der Waals surface area contributed by atoms with Crippen LogP contribution in [-0.4, -0.2) is 54.6 Å². The maximum Gasteiger partial charge on any atom is 0.179 e. The summed E-state index contributed by atoms with van der Waals surface area (Å²) in [5.41, 5.74) is 2.12. The number of halogens is 2. The minimum atomic E-state index is 0.599. The number of methoxy groups -OCH3 is 4. The number of benzene rings is 2. The predicted molar refractivity (Wildman–Crippen MR) is 141 cm³/mol. The summed E-state index contributed by atoms with van der Waals surface area (Å²) in [6, 6.07) is 7.79. The number of nitrogens with one attached hydrogen (secondary N) is 2. The maximum atomic E-state index is 6.44. The molecule has 0 bridgehead atoms. The molecule has 0 amide bonds. The fourth-order valence-electron chi connectivity index (χ4n) is 3.80. The van der Waals surface area contributed by atoms with E-state index in [9.17, 15) is 0 Å². The van der Waals surface area contributed by atoms with E-state index >= 15 is 0 Å². The Morgan fingerprint density at radius 3 is 1.32 bits per heavy atom. The minimum absolute atomic E-state index is 0.599. The molecule has 0 spiro atoms. The number of ether oxygens (including phenoxy) is 4. The van der Waals surface area contributed by atoms with E-state index in [1.807, 2.05) is 24.3 Å². The molecule has 0 saturated carbocycles. The van der Waals surface area contributed by atoms with Crippen LogP contribution < -0.4 is 29.6 Å². The van der Waals surface area contributed by atoms with E-state index in [4.69, 9.17) is 42.1 Å². The van der Waals surface area contributed by atoms with Gasteiger partial charge in [0.15, 0.2) is 23.0 Å². The molecule has 0 aliphatic rings. The summed E-state index contributed by atoms with van der Waals surface area (Å²) in [5.74, 6) is 2.51. The average Bonchev–Trinajstić information content (AvgIpc) is 2.85. The second-order valence-electron chi connectivity index (χ2n) is 7.96. The molecule has 6 nitrogen and oxygen atoms in total. The summed E-state index contributed by atoms with van der Waals surface area (Å²) in [6.45, 7) is 3.79. The van der Waals surface area contributed by atoms with Crippen molar-refractivity contribution in [2.75, 3.05) is 54.6 Å². The summed E-state index contributed by atoms with van der Waals surface area (Å²) < 4.78 is 21.3. The molecule has 0 aromatic heterocycles. The van der Waals surface area contributed by atoms with Gasteiger partial charge in [0.05, 0.1) is 38.5 Å². The molecule has 0 unspecified atom stereocenters. The third-order valence-electron chi connectivity index (χ3n) is 5.73. The first-order valence-electron chi connectivity index (χ1n) is 11.8. The largest absolute Gasteiger partial charge is 0.493 e. The first-order chi connectivity index (χ1) is 16.6. The smallest absolute Gasteiger partial charge is 0.179 e. The minimum Gasteiger partial charge on any atom is -0.493 e. The summed E-state index contributed by atoms with van der Waals surface area (Å²) in [7, 11) is 6.44. The van der Waals surface area contributed by atoms with Gasteiger partial charge in [-0.25, -0.2) is 0 Å². The van der Waals surface area contributed by atoms with Crippen LogP contribution in [0.25, 0.3) is 0 Å². The number of rotatable bonds is 17. The zero-order chi connectivity index (χ0) is 24.8. The zero-order valence-corrected chi connectivity index (χ0v) is 22.3. The van der Waals surface area contributed by atoms with Gasteiger partial charge in [0.25, 0.3) is 0 Å². The molecule has 0 aliphatic carbocycles. The lowest BCUT2D eigenvalue weighted by Crippen LogP contribution is -2.19. The van der Waals surface area contributed by atoms with Gasteiger partial charge in [0.2, 0.25) is 0 Å². The number of unbranched alkanes of at least 4 members (excludes halogenated alkanes) is 3. The van der Waals surface area contributed by atoms with Crippen LogP contribution in [0.15, 0.2) is 24.3 Å². The molecular formula is C26H38Cl2N2O4. The Bertz CT molecular complexity index is 809. The van der Waals surface area contributed by atoms with E-state index in [-0.39, 0.29) is 0 Å². The summed E-state index contributed by atoms with van der Waals surface area (Å²) in [5, 5.41) is 8.26. The highest BCUT2D eigenvalue weighted by Gasteiger charge is 2.13. The summed E-state index contributed by atoms with van der Waals surface area (Å²) >= 11 is 12.9. The topological polar surface area (TPSA) is 61.0 Å². The lowest BCUT2D eigenvalue weighted by Gasteiger charge is -2.13. The van der Waals surface area contributed by atoms with Crippen LogP contribution in [0.4, 0.5) is 0 Å². The first kappa shape index (κ1) is 28.4. The highest BCUT2D eigenvalue weighted by Crippen LogP contribution is 2.38. The average molecular weight is 514 g/mol. The Morgan fingerprint density at radius 2 is 0.971 bits per heavy atom. The van der Waals surface area contributed by atoms with Crippen molar-refractivity contribution in [2.45, 2.75) is 38.5 Å². The third-order valence-corrected chi connectivity index (χ3v) is 6.56. The van der Waals surface area contributed by atoms with Gasteiger partial charge >= 0.3 is 0 Å². The zero-order valence-electron chi connectivity index (χ0n) is 20.8. The molecule has 190 valence electrons. The van der Waals surface area contributed by atoms with E-state index in [0.717, 1.165) is 50.1 Å². The van der Waals surface area contributed by atoms with E-state index < -0.39 is 0 Å². The molecule has 2 rings (SSSR count). The van der Waals surface area contributed by atoms with Crippen LogP contribution in [0.1, 0.15) is 36.8 Å². The van der Waals surface area contributed by atoms with Crippen LogP contribution >= 0.6 is 23.2 Å². The molecule has 0 heterocycles. The first-order valence-corrected chi connectivity index (χ1v) is 12.5. The van der Waals surface area contributed by atoms with E-state index in [2.05, 4.69) is 10.6 Å². The van der Waals surface area contributed by atoms with Crippen molar-refractivity contribution in [1.82, 2.24) is 10.6 Å². The fraction of sp³-hybridized carbons (Fsp3) is 0.538. The van der Waals surface area contributed by atoms with Crippen LogP contribution in [0.2, 0.25) is 10.0 Å². The van der Waals surface area contributed by atoms with Crippen molar-refractivity contribution in [3.05, 3.63) is 45.4 Å². The number of hydrogen-bond donors (Lipinski definition) is 2. The van der Waals surface area contributed by atoms with Gasteiger partial charge in [0, 0.05) is 0 Å². The molecule has 0 radical (unpaired) electrons. The lowest BCUT2D eigenvalue weighted by atomic mass is 10.1. The quantitative estimate of drug-likeness (QED) is 0.271. The molecule has 2 aromatic rings. The van der Waals surface area contributed by atoms with Crippen molar-refractivity contribution in [3.63, 3.8) is 0 Å². The van der Waals surface area contributed by atoms with E-state index in [1.54, 1.807) is 28.4 Å². The van der Waals surface area contributed by atoms with Crippen molar-refractivity contribution >= 4 is 23.2 Å². The van der Waals surface area contributed by atoms with Gasteiger partial charge in [0.1, 0.15) is 0 Å². The molecule has 8 heteroatoms. The van der Waals surface area contributed by atoms with Gasteiger partial charge in [-0.05, 0) is 75.1 Å². The highest BCUT2D eigenvalue weighted by atomic mass is 35.5. The molecule has 0 saturated heterocycles. The molecule has 0 fully saturated rings. The SMILES string of the molecule is COc1ccc(CCNCCCCCCNCCc2ccc(OC)c(OC)c2Cl)c(Cl)c1OC. The molecule has 0 aliphatic heterocycles. The Morgan fingerprint density at radius 1 is 0.559 bits per heavy atom. The van der Waals surface area contributed by atoms with Crippen molar-refractivity contribution in [1.29, 1.82) is 0 Å². The molecule has 34 heavy (non-hydrogen) atoms. The Hall–Kier alpha value is -1.86. The van der Waals surface area contributed by atoms with Crippen LogP contribution in [0, 0.1) is 0 Å². The monoisotopic (exact) mass is 512 g/mol. The third kappa shape index (κ3) is 8.42. The van der Waals surface area contributed by atoms with Gasteiger partial charge in [-0.1, -0.05) is 48.2 Å². The molecular weight excluding hydrogens is 475 g/mol. The van der Waals surface area contributed by atoms with Gasteiger partial charge in [-0.15, -0.1) is 0 Å². The Balaban J connectivity index is 1.52. The second-order valence-corrected chi connectivity index (χ2v) is 8.72. The highest BCUT2D eigenvalue weighted by molar-refractivity contribution is 6.33. The number of hydrogen-bond acceptors (Lipinski definition) is 6. The molecule has 2 aromatic carbocycles. The van der Waals surface area contributed by atoms with Gasteiger partial charge in [-0.3, -0.25) is 0 Å². The standard InChI is InChI=1S/C26H38Cl2N2O4/c1-31-21-11-9-19(23(27)25(21)33-3)13-17-29-15-7-5-6-8-16-30-18-14-20-10-12-22(32-2)26(34-4)24(20)28/h9-12,29-30H,5-8,13-18H2,1-4H3. The van der Waals surface area contributed by atoms with Crippen molar-refractivity contribution in [2.24, 2.45) is 0 Å².